The van der Waals surface area contributed by atoms with E-state index >= 15 is 0 Å². The molecule has 0 saturated carbocycles. The van der Waals surface area contributed by atoms with Crippen LogP contribution in [0.3, 0.4) is 0 Å². The van der Waals surface area contributed by atoms with E-state index in [0.29, 0.717) is 10.8 Å². The molecular weight excluding hydrogens is 343 g/mol. The van der Waals surface area contributed by atoms with Crippen molar-refractivity contribution >= 4 is 7.54 Å². The first kappa shape index (κ1) is 27.2. The molecule has 0 bridgehead atoms. The van der Waals surface area contributed by atoms with E-state index in [1.165, 1.54) is 0 Å². The Morgan fingerprint density at radius 2 is 1.19 bits per heavy atom. The standard InChI is InChI=1S/C19H37N2.BF3.FH/c1-16(2,3)13-18(7,8)20-11-12-21(15-20)19(9,10)14-17(4,5)6;2-1(3)4;/h11-12,15H,13-14H2,1-10H3;;1H/q+1;;/p-1. The summed E-state index contributed by atoms with van der Waals surface area (Å²) in [6, 6.07) is 0. The van der Waals surface area contributed by atoms with Gasteiger partial charge in [-0.2, -0.15) is 0 Å². The van der Waals surface area contributed by atoms with Crippen molar-refractivity contribution < 1.29 is 22.2 Å². The van der Waals surface area contributed by atoms with Gasteiger partial charge in [-0.1, -0.05) is 41.5 Å². The first-order valence-corrected chi connectivity index (χ1v) is 8.88. The van der Waals surface area contributed by atoms with Crippen molar-refractivity contribution in [3.8, 4) is 0 Å². The predicted molar refractivity (Wildman–Crippen MR) is 100 cm³/mol. The van der Waals surface area contributed by atoms with Crippen LogP contribution in [-0.4, -0.2) is 12.1 Å². The van der Waals surface area contributed by atoms with Gasteiger partial charge in [0, 0.05) is 0 Å². The Bertz CT molecular complexity index is 481. The Hall–Kier alpha value is -1.01. The molecule has 1 rings (SSSR count). The second-order valence-corrected chi connectivity index (χ2v) is 10.6. The Morgan fingerprint density at radius 1 is 0.808 bits per heavy atom. The molecule has 1 aromatic rings. The lowest BCUT2D eigenvalue weighted by molar-refractivity contribution is -0.760. The highest BCUT2D eigenvalue weighted by atomic mass is 19.4. The molecule has 0 atom stereocenters. The zero-order valence-corrected chi connectivity index (χ0v) is 18.1. The van der Waals surface area contributed by atoms with E-state index in [1.54, 1.807) is 0 Å². The van der Waals surface area contributed by atoms with Crippen LogP contribution in [0.2, 0.25) is 0 Å². The van der Waals surface area contributed by atoms with Crippen molar-refractivity contribution in [3.63, 3.8) is 0 Å². The van der Waals surface area contributed by atoms with Gasteiger partial charge in [-0.25, -0.2) is 9.13 Å². The van der Waals surface area contributed by atoms with Crippen LogP contribution in [-0.2, 0) is 11.1 Å². The van der Waals surface area contributed by atoms with Crippen molar-refractivity contribution in [1.29, 1.82) is 0 Å². The fraction of sp³-hybridized carbons (Fsp3) is 0.842. The number of aromatic nitrogens is 2. The van der Waals surface area contributed by atoms with Gasteiger partial charge in [0.2, 0.25) is 6.33 Å². The van der Waals surface area contributed by atoms with Crippen molar-refractivity contribution in [2.24, 2.45) is 10.8 Å². The zero-order chi connectivity index (χ0) is 20.3. The maximum atomic E-state index is 9.67. The molecular formula is C19H37BF4N2. The lowest BCUT2D eigenvalue weighted by atomic mass is 9.81. The molecule has 0 amide bonds. The number of hydrogen-bond donors (Lipinski definition) is 0. The van der Waals surface area contributed by atoms with Gasteiger partial charge < -0.3 is 4.70 Å². The summed E-state index contributed by atoms with van der Waals surface area (Å²) in [5, 5.41) is 0. The SMILES string of the molecule is CC(C)(C)CC(C)(C)n1cc[n+](C(C)(C)CC(C)(C)C)c1.FB(F)F.[F-]. The molecule has 154 valence electrons. The average molecular weight is 380 g/mol. The number of hydrogen-bond acceptors (Lipinski definition) is 0. The number of nitrogens with zero attached hydrogens (tertiary/aromatic N) is 2. The fourth-order valence-electron chi connectivity index (χ4n) is 3.85. The highest BCUT2D eigenvalue weighted by molar-refractivity contribution is 6.33. The Morgan fingerprint density at radius 3 is 1.54 bits per heavy atom. The van der Waals surface area contributed by atoms with Crippen molar-refractivity contribution in [3.05, 3.63) is 18.7 Å². The summed E-state index contributed by atoms with van der Waals surface area (Å²) in [5.74, 6) is 0. The third kappa shape index (κ3) is 10.9. The Balaban J connectivity index is 0. The van der Waals surface area contributed by atoms with Crippen molar-refractivity contribution in [2.45, 2.75) is 93.2 Å². The molecule has 26 heavy (non-hydrogen) atoms. The molecule has 0 unspecified atom stereocenters. The van der Waals surface area contributed by atoms with Gasteiger partial charge in [0.25, 0.3) is 0 Å². The highest BCUT2D eigenvalue weighted by Crippen LogP contribution is 2.32. The largest absolute Gasteiger partial charge is 1.00 e. The topological polar surface area (TPSA) is 8.81 Å². The second-order valence-electron chi connectivity index (χ2n) is 10.6. The van der Waals surface area contributed by atoms with E-state index in [2.05, 4.69) is 97.1 Å². The van der Waals surface area contributed by atoms with Crippen LogP contribution in [0.5, 0.6) is 0 Å². The van der Waals surface area contributed by atoms with E-state index < -0.39 is 7.54 Å². The van der Waals surface area contributed by atoms with Gasteiger partial charge in [0.05, 0.1) is 0 Å². The van der Waals surface area contributed by atoms with Gasteiger partial charge in [0.15, 0.2) is 0 Å². The van der Waals surface area contributed by atoms with Crippen molar-refractivity contribution in [1.82, 2.24) is 4.57 Å². The molecule has 7 heteroatoms. The summed E-state index contributed by atoms with van der Waals surface area (Å²) in [6.07, 6.45) is 9.08. The molecule has 0 aliphatic heterocycles. The van der Waals surface area contributed by atoms with E-state index in [4.69, 9.17) is 0 Å². The van der Waals surface area contributed by atoms with Gasteiger partial charge in [-0.3, -0.25) is 12.9 Å². The quantitative estimate of drug-likeness (QED) is 0.432. The molecule has 0 N–H and O–H groups in total. The van der Waals surface area contributed by atoms with Crippen LogP contribution < -0.4 is 9.27 Å². The maximum Gasteiger partial charge on any atom is 0.762 e. The first-order chi connectivity index (χ1) is 10.9. The smallest absolute Gasteiger partial charge is 0.762 e. The summed E-state index contributed by atoms with van der Waals surface area (Å²) < 4.78 is 33.8. The average Bonchev–Trinajstić information content (AvgIpc) is 2.70. The second kappa shape index (κ2) is 9.27. The molecule has 0 fully saturated rings. The number of imidazole rings is 1. The van der Waals surface area contributed by atoms with Crippen LogP contribution in [0.15, 0.2) is 18.7 Å². The van der Waals surface area contributed by atoms with E-state index in [9.17, 15) is 12.9 Å². The lowest BCUT2D eigenvalue weighted by Crippen LogP contribution is -3.00. The van der Waals surface area contributed by atoms with Crippen molar-refractivity contribution in [2.75, 3.05) is 0 Å². The number of halogens is 4. The molecule has 2 nitrogen and oxygen atoms in total. The highest BCUT2D eigenvalue weighted by Gasteiger charge is 2.35. The van der Waals surface area contributed by atoms with Crippen LogP contribution in [0.1, 0.15) is 82.1 Å². The summed E-state index contributed by atoms with van der Waals surface area (Å²) in [7, 11) is -3.67. The monoisotopic (exact) mass is 380 g/mol. The molecule has 0 spiro atoms. The summed E-state index contributed by atoms with van der Waals surface area (Å²) >= 11 is 0. The van der Waals surface area contributed by atoms with Gasteiger partial charge in [-0.15, -0.1) is 0 Å². The van der Waals surface area contributed by atoms with Crippen LogP contribution in [0.4, 0.5) is 12.9 Å². The molecule has 0 aromatic carbocycles. The summed E-state index contributed by atoms with van der Waals surface area (Å²) in [6.45, 7) is 23.2. The minimum Gasteiger partial charge on any atom is -1.00 e. The molecule has 0 saturated heterocycles. The lowest BCUT2D eigenvalue weighted by Gasteiger charge is -2.31. The first-order valence-electron chi connectivity index (χ1n) is 8.88. The molecule has 0 aliphatic rings. The summed E-state index contributed by atoms with van der Waals surface area (Å²) in [5.41, 5.74) is 0.946. The molecule has 1 aromatic heterocycles. The van der Waals surface area contributed by atoms with E-state index in [0.717, 1.165) is 12.8 Å². The minimum atomic E-state index is -3.67. The third-order valence-corrected chi connectivity index (χ3v) is 3.96. The van der Waals surface area contributed by atoms with Gasteiger partial charge in [-0.05, 0) is 51.4 Å². The third-order valence-electron chi connectivity index (χ3n) is 3.96. The number of rotatable bonds is 4. The van der Waals surface area contributed by atoms with E-state index in [-0.39, 0.29) is 15.8 Å². The van der Waals surface area contributed by atoms with E-state index in [1.807, 2.05) is 0 Å². The molecule has 0 aliphatic carbocycles. The van der Waals surface area contributed by atoms with Gasteiger partial charge >= 0.3 is 7.54 Å². The fourth-order valence-corrected chi connectivity index (χ4v) is 3.85. The van der Waals surface area contributed by atoms with Crippen LogP contribution in [0.25, 0.3) is 0 Å². The maximum absolute atomic E-state index is 9.67. The Labute approximate surface area is 157 Å². The minimum absolute atomic E-state index is 0. The summed E-state index contributed by atoms with van der Waals surface area (Å²) in [4.78, 5) is 0. The predicted octanol–water partition coefficient (Wildman–Crippen LogP) is 3.00. The van der Waals surface area contributed by atoms with Crippen LogP contribution >= 0.6 is 0 Å². The zero-order valence-electron chi connectivity index (χ0n) is 18.1. The normalized spacial score (nSPS) is 12.8. The Kier molecular flexibility index (Phi) is 9.70. The molecule has 0 radical (unpaired) electrons. The van der Waals surface area contributed by atoms with Crippen LogP contribution in [0, 0.1) is 10.8 Å². The molecule has 1 heterocycles. The van der Waals surface area contributed by atoms with Gasteiger partial charge in [0.1, 0.15) is 23.5 Å².